The van der Waals surface area contributed by atoms with E-state index < -0.39 is 0 Å². The molecule has 17 heavy (non-hydrogen) atoms. The molecule has 0 aliphatic carbocycles. The fourth-order valence-corrected chi connectivity index (χ4v) is 2.11. The molecule has 1 aliphatic heterocycles. The summed E-state index contributed by atoms with van der Waals surface area (Å²) in [7, 11) is 0. The maximum absolute atomic E-state index is 5.73. The van der Waals surface area contributed by atoms with E-state index >= 15 is 0 Å². The van der Waals surface area contributed by atoms with Crippen LogP contribution < -0.4 is 0 Å². The lowest BCUT2D eigenvalue weighted by atomic mass is 9.87. The second kappa shape index (κ2) is 4.81. The summed E-state index contributed by atoms with van der Waals surface area (Å²) < 4.78 is 5.73. The van der Waals surface area contributed by atoms with Gasteiger partial charge >= 0.3 is 0 Å². The van der Waals surface area contributed by atoms with E-state index in [9.17, 15) is 0 Å². The van der Waals surface area contributed by atoms with Crippen LogP contribution in [-0.4, -0.2) is 23.9 Å². The average molecular weight is 296 g/mol. The van der Waals surface area contributed by atoms with Crippen molar-refractivity contribution in [3.05, 3.63) is 35.4 Å². The molecule has 2 nitrogen and oxygen atoms in total. The van der Waals surface area contributed by atoms with E-state index in [1.165, 1.54) is 5.56 Å². The number of halogens is 1. The molecular weight excluding hydrogens is 278 g/mol. The van der Waals surface area contributed by atoms with Gasteiger partial charge in [-0.15, -0.1) is 0 Å². The summed E-state index contributed by atoms with van der Waals surface area (Å²) in [5.41, 5.74) is 2.59. The van der Waals surface area contributed by atoms with Crippen molar-refractivity contribution < 1.29 is 4.74 Å². The van der Waals surface area contributed by atoms with Crippen molar-refractivity contribution in [2.45, 2.75) is 32.3 Å². The maximum atomic E-state index is 5.73. The molecule has 0 N–H and O–H groups in total. The minimum absolute atomic E-state index is 0.187. The zero-order chi connectivity index (χ0) is 12.5. The van der Waals surface area contributed by atoms with E-state index in [0.717, 1.165) is 23.3 Å². The summed E-state index contributed by atoms with van der Waals surface area (Å²) in [5.74, 6) is 0.773. The van der Waals surface area contributed by atoms with Crippen LogP contribution in [0.1, 0.15) is 31.9 Å². The number of benzene rings is 1. The van der Waals surface area contributed by atoms with Crippen LogP contribution in [0.5, 0.6) is 0 Å². The molecule has 0 aromatic heterocycles. The van der Waals surface area contributed by atoms with Crippen LogP contribution in [0, 0.1) is 0 Å². The third-order valence-electron chi connectivity index (χ3n) is 2.89. The van der Waals surface area contributed by atoms with Crippen LogP contribution in [0.4, 0.5) is 0 Å². The Morgan fingerprint density at radius 3 is 2.41 bits per heavy atom. The molecule has 0 bridgehead atoms. The Labute approximate surface area is 111 Å². The molecule has 0 spiro atoms. The quantitative estimate of drug-likeness (QED) is 0.765. The van der Waals surface area contributed by atoms with Gasteiger partial charge in [0, 0.05) is 10.9 Å². The number of aliphatic imine (C=N–C) groups is 1. The van der Waals surface area contributed by atoms with E-state index in [4.69, 9.17) is 4.74 Å². The molecule has 1 aliphatic rings. The van der Waals surface area contributed by atoms with E-state index in [2.05, 4.69) is 66.0 Å². The number of alkyl halides is 1. The lowest BCUT2D eigenvalue weighted by Gasteiger charge is -2.19. The monoisotopic (exact) mass is 295 g/mol. The summed E-state index contributed by atoms with van der Waals surface area (Å²) in [5, 5.41) is 0.833. The molecule has 0 fully saturated rings. The minimum Gasteiger partial charge on any atom is -0.471 e. The van der Waals surface area contributed by atoms with Gasteiger partial charge in [-0.2, -0.15) is 0 Å². The number of rotatable bonds is 2. The SMILES string of the molecule is CC(C)(C)c1ccc(C2=NCC(CBr)O2)cc1. The predicted octanol–water partition coefficient (Wildman–Crippen LogP) is 3.52. The third kappa shape index (κ3) is 2.89. The van der Waals surface area contributed by atoms with Crippen LogP contribution in [0.3, 0.4) is 0 Å². The average Bonchev–Trinajstić information content (AvgIpc) is 2.76. The Hall–Kier alpha value is -0.830. The fourth-order valence-electron chi connectivity index (χ4n) is 1.77. The molecule has 0 amide bonds. The van der Waals surface area contributed by atoms with Crippen molar-refractivity contribution in [3.63, 3.8) is 0 Å². The largest absolute Gasteiger partial charge is 0.471 e. The summed E-state index contributed by atoms with van der Waals surface area (Å²) in [6, 6.07) is 8.50. The summed E-state index contributed by atoms with van der Waals surface area (Å²) in [6.07, 6.45) is 0.187. The topological polar surface area (TPSA) is 21.6 Å². The molecule has 1 unspecified atom stereocenters. The van der Waals surface area contributed by atoms with E-state index in [1.54, 1.807) is 0 Å². The molecule has 1 atom stereocenters. The zero-order valence-corrected chi connectivity index (χ0v) is 12.1. The highest BCUT2D eigenvalue weighted by Crippen LogP contribution is 2.23. The standard InChI is InChI=1S/C14H18BrNO/c1-14(2,3)11-6-4-10(5-7-11)13-16-9-12(8-15)17-13/h4-7,12H,8-9H2,1-3H3. The van der Waals surface area contributed by atoms with Gasteiger partial charge in [-0.3, -0.25) is 0 Å². The maximum Gasteiger partial charge on any atom is 0.216 e. The van der Waals surface area contributed by atoms with Crippen molar-refractivity contribution in [1.29, 1.82) is 0 Å². The smallest absolute Gasteiger partial charge is 0.216 e. The Morgan fingerprint density at radius 2 is 1.94 bits per heavy atom. The van der Waals surface area contributed by atoms with E-state index in [1.807, 2.05) is 0 Å². The van der Waals surface area contributed by atoms with Gasteiger partial charge in [-0.05, 0) is 23.1 Å². The molecular formula is C14H18BrNO. The van der Waals surface area contributed by atoms with Gasteiger partial charge in [0.25, 0.3) is 0 Å². The van der Waals surface area contributed by atoms with E-state index in [-0.39, 0.29) is 11.5 Å². The van der Waals surface area contributed by atoms with Crippen LogP contribution in [0.15, 0.2) is 29.3 Å². The molecule has 0 radical (unpaired) electrons. The first-order valence-electron chi connectivity index (χ1n) is 5.88. The van der Waals surface area contributed by atoms with Crippen molar-refractivity contribution in [2.75, 3.05) is 11.9 Å². The third-order valence-corrected chi connectivity index (χ3v) is 3.61. The Morgan fingerprint density at radius 1 is 1.29 bits per heavy atom. The molecule has 0 saturated carbocycles. The zero-order valence-electron chi connectivity index (χ0n) is 10.5. The van der Waals surface area contributed by atoms with Gasteiger partial charge in [0.1, 0.15) is 6.10 Å². The van der Waals surface area contributed by atoms with Crippen LogP contribution in [0.25, 0.3) is 0 Å². The van der Waals surface area contributed by atoms with Crippen LogP contribution >= 0.6 is 15.9 Å². The molecule has 2 rings (SSSR count). The lowest BCUT2D eigenvalue weighted by Crippen LogP contribution is -2.15. The normalized spacial score (nSPS) is 20.0. The minimum atomic E-state index is 0.187. The molecule has 92 valence electrons. The van der Waals surface area contributed by atoms with Gasteiger partial charge < -0.3 is 4.74 Å². The second-order valence-corrected chi connectivity index (χ2v) is 6.01. The second-order valence-electron chi connectivity index (χ2n) is 5.37. The highest BCUT2D eigenvalue weighted by atomic mass is 79.9. The lowest BCUT2D eigenvalue weighted by molar-refractivity contribution is 0.252. The number of hydrogen-bond acceptors (Lipinski definition) is 2. The number of hydrogen-bond donors (Lipinski definition) is 0. The van der Waals surface area contributed by atoms with Crippen molar-refractivity contribution in [3.8, 4) is 0 Å². The van der Waals surface area contributed by atoms with Gasteiger partial charge in [-0.1, -0.05) is 48.8 Å². The highest BCUT2D eigenvalue weighted by molar-refractivity contribution is 9.09. The summed E-state index contributed by atoms with van der Waals surface area (Å²) in [6.45, 7) is 7.40. The molecule has 1 aromatic carbocycles. The van der Waals surface area contributed by atoms with Crippen molar-refractivity contribution in [2.24, 2.45) is 4.99 Å². The Bertz CT molecular complexity index is 417. The van der Waals surface area contributed by atoms with Crippen LogP contribution in [0.2, 0.25) is 0 Å². The van der Waals surface area contributed by atoms with Crippen molar-refractivity contribution in [1.82, 2.24) is 0 Å². The first kappa shape index (κ1) is 12.6. The van der Waals surface area contributed by atoms with Crippen LogP contribution in [-0.2, 0) is 10.2 Å². The number of ether oxygens (including phenoxy) is 1. The number of nitrogens with zero attached hydrogens (tertiary/aromatic N) is 1. The predicted molar refractivity (Wildman–Crippen MR) is 75.2 cm³/mol. The van der Waals surface area contributed by atoms with Gasteiger partial charge in [0.2, 0.25) is 5.90 Å². The first-order chi connectivity index (χ1) is 8.00. The van der Waals surface area contributed by atoms with Gasteiger partial charge in [0.15, 0.2) is 0 Å². The highest BCUT2D eigenvalue weighted by Gasteiger charge is 2.20. The van der Waals surface area contributed by atoms with Crippen molar-refractivity contribution >= 4 is 21.8 Å². The van der Waals surface area contributed by atoms with Gasteiger partial charge in [0.05, 0.1) is 6.54 Å². The van der Waals surface area contributed by atoms with E-state index in [0.29, 0.717) is 0 Å². The molecule has 1 heterocycles. The summed E-state index contributed by atoms with van der Waals surface area (Å²) >= 11 is 3.42. The summed E-state index contributed by atoms with van der Waals surface area (Å²) in [4.78, 5) is 4.41. The Balaban J connectivity index is 2.14. The first-order valence-corrected chi connectivity index (χ1v) is 7.01. The Kier molecular flexibility index (Phi) is 3.57. The molecule has 1 aromatic rings. The van der Waals surface area contributed by atoms with Gasteiger partial charge in [-0.25, -0.2) is 4.99 Å². The molecule has 0 saturated heterocycles. The fraction of sp³-hybridized carbons (Fsp3) is 0.500. The molecule has 3 heteroatoms.